The Morgan fingerprint density at radius 3 is 1.34 bits per heavy atom. The van der Waals surface area contributed by atoms with Gasteiger partial charge < -0.3 is 29.2 Å². The molecule has 10 nitrogen and oxygen atoms in total. The average Bonchev–Trinajstić information content (AvgIpc) is 2.92. The molecule has 0 amide bonds. The van der Waals surface area contributed by atoms with Crippen LogP contribution >= 0.6 is 0 Å². The number of benzene rings is 2. The van der Waals surface area contributed by atoms with Gasteiger partial charge in [0.25, 0.3) is 0 Å². The number of esters is 2. The molecule has 0 saturated carbocycles. The minimum absolute atomic E-state index is 0.149. The Labute approximate surface area is 223 Å². The van der Waals surface area contributed by atoms with Crippen molar-refractivity contribution < 1.29 is 38.7 Å². The molecule has 2 aromatic carbocycles. The molecule has 0 aromatic heterocycles. The molecular formula is C28H38N2O8. The topological polar surface area (TPSA) is 118 Å². The summed E-state index contributed by atoms with van der Waals surface area (Å²) in [5, 5.41) is 20.8. The van der Waals surface area contributed by atoms with Gasteiger partial charge in [0.15, 0.2) is 0 Å². The fraction of sp³-hybridized carbons (Fsp3) is 0.500. The summed E-state index contributed by atoms with van der Waals surface area (Å²) >= 11 is 0. The lowest BCUT2D eigenvalue weighted by Crippen LogP contribution is -2.51. The van der Waals surface area contributed by atoms with Crippen molar-refractivity contribution >= 4 is 11.9 Å². The summed E-state index contributed by atoms with van der Waals surface area (Å²) in [6.45, 7) is 8.52. The van der Waals surface area contributed by atoms with Crippen LogP contribution in [0.15, 0.2) is 48.5 Å². The highest BCUT2D eigenvalue weighted by Crippen LogP contribution is 2.15. The van der Waals surface area contributed by atoms with Gasteiger partial charge in [-0.15, -0.1) is 0 Å². The van der Waals surface area contributed by atoms with Crippen LogP contribution < -0.4 is 9.47 Å². The van der Waals surface area contributed by atoms with Crippen molar-refractivity contribution in [3.05, 3.63) is 59.7 Å². The summed E-state index contributed by atoms with van der Waals surface area (Å²) in [7, 11) is 0. The number of nitrogens with zero attached hydrogens (tertiary/aromatic N) is 2. The number of aliphatic hydroxyl groups excluding tert-OH is 2. The Morgan fingerprint density at radius 1 is 0.684 bits per heavy atom. The number of carbonyl (C=O) groups excluding carboxylic acids is 2. The Morgan fingerprint density at radius 2 is 1.03 bits per heavy atom. The largest absolute Gasteiger partial charge is 0.491 e. The van der Waals surface area contributed by atoms with Crippen molar-refractivity contribution in [1.82, 2.24) is 9.80 Å². The van der Waals surface area contributed by atoms with E-state index in [1.165, 1.54) is 0 Å². The highest BCUT2D eigenvalue weighted by atomic mass is 16.5. The molecular weight excluding hydrogens is 492 g/mol. The third-order valence-electron chi connectivity index (χ3n) is 6.02. The van der Waals surface area contributed by atoms with Gasteiger partial charge in [-0.3, -0.25) is 9.80 Å². The maximum Gasteiger partial charge on any atom is 0.338 e. The van der Waals surface area contributed by atoms with Gasteiger partial charge in [-0.1, -0.05) is 0 Å². The van der Waals surface area contributed by atoms with Crippen molar-refractivity contribution in [3.8, 4) is 11.5 Å². The smallest absolute Gasteiger partial charge is 0.338 e. The van der Waals surface area contributed by atoms with Crippen LogP contribution in [0.25, 0.3) is 0 Å². The maximum atomic E-state index is 11.7. The molecule has 2 atom stereocenters. The second-order valence-electron chi connectivity index (χ2n) is 9.02. The zero-order chi connectivity index (χ0) is 27.3. The zero-order valence-electron chi connectivity index (χ0n) is 22.1. The first-order valence-electron chi connectivity index (χ1n) is 13.0. The lowest BCUT2D eigenvalue weighted by Gasteiger charge is -2.36. The molecule has 0 radical (unpaired) electrons. The number of piperazine rings is 1. The van der Waals surface area contributed by atoms with Crippen molar-refractivity contribution in [1.29, 1.82) is 0 Å². The number of β-amino-alcohol motifs (C(OH)–C–C–N with tert-alkyl or cyclic N) is 2. The van der Waals surface area contributed by atoms with Gasteiger partial charge in [0, 0.05) is 39.3 Å². The normalized spacial score (nSPS) is 15.9. The predicted octanol–water partition coefficient (Wildman–Crippen LogP) is 1.84. The van der Waals surface area contributed by atoms with E-state index in [1.54, 1.807) is 62.4 Å². The first-order valence-corrected chi connectivity index (χ1v) is 13.0. The van der Waals surface area contributed by atoms with Crippen molar-refractivity contribution in [3.63, 3.8) is 0 Å². The Kier molecular flexibility index (Phi) is 11.8. The minimum Gasteiger partial charge on any atom is -0.491 e. The highest BCUT2D eigenvalue weighted by Gasteiger charge is 2.21. The first-order chi connectivity index (χ1) is 18.4. The van der Waals surface area contributed by atoms with Gasteiger partial charge in [0.05, 0.1) is 24.3 Å². The molecule has 1 fully saturated rings. The fourth-order valence-corrected chi connectivity index (χ4v) is 4.04. The minimum atomic E-state index is -0.652. The third kappa shape index (κ3) is 9.60. The lowest BCUT2D eigenvalue weighted by molar-refractivity contribution is 0.0240. The van der Waals surface area contributed by atoms with Crippen molar-refractivity contribution in [2.75, 3.05) is 65.7 Å². The van der Waals surface area contributed by atoms with Crippen LogP contribution in [0, 0.1) is 0 Å². The van der Waals surface area contributed by atoms with Crippen LogP contribution in [0.4, 0.5) is 0 Å². The number of hydrogen-bond donors (Lipinski definition) is 2. The molecule has 0 unspecified atom stereocenters. The number of rotatable bonds is 14. The molecule has 2 N–H and O–H groups in total. The molecule has 3 rings (SSSR count). The molecule has 2 aromatic rings. The quantitative estimate of drug-likeness (QED) is 0.350. The van der Waals surface area contributed by atoms with E-state index in [-0.39, 0.29) is 25.2 Å². The van der Waals surface area contributed by atoms with Gasteiger partial charge in [-0.05, 0) is 62.4 Å². The number of ether oxygens (including phenoxy) is 4. The average molecular weight is 531 g/mol. The molecule has 1 saturated heterocycles. The summed E-state index contributed by atoms with van der Waals surface area (Å²) in [6.07, 6.45) is -1.30. The Hall–Kier alpha value is -3.18. The van der Waals surface area contributed by atoms with E-state index in [9.17, 15) is 19.8 Å². The summed E-state index contributed by atoms with van der Waals surface area (Å²) in [6, 6.07) is 13.3. The molecule has 0 bridgehead atoms. The van der Waals surface area contributed by atoms with Crippen molar-refractivity contribution in [2.24, 2.45) is 0 Å². The van der Waals surface area contributed by atoms with E-state index in [0.29, 0.717) is 48.9 Å². The van der Waals surface area contributed by atoms with Crippen LogP contribution in [-0.4, -0.2) is 110 Å². The Balaban J connectivity index is 1.30. The van der Waals surface area contributed by atoms with Crippen molar-refractivity contribution in [2.45, 2.75) is 26.1 Å². The maximum absolute atomic E-state index is 11.7. The first kappa shape index (κ1) is 29.4. The monoisotopic (exact) mass is 530 g/mol. The van der Waals surface area contributed by atoms with Gasteiger partial charge in [0.2, 0.25) is 0 Å². The molecule has 10 heteroatoms. The SMILES string of the molecule is CCOC(=O)c1ccc(OC[C@@H](O)CN2CCN(C[C@@H](O)COc3ccc(C(=O)OCC)cc3)CC2)cc1. The van der Waals surface area contributed by atoms with E-state index >= 15 is 0 Å². The molecule has 0 spiro atoms. The molecule has 208 valence electrons. The summed E-state index contributed by atoms with van der Waals surface area (Å²) in [5.41, 5.74) is 0.915. The van der Waals surface area contributed by atoms with Crippen LogP contribution in [0.5, 0.6) is 11.5 Å². The van der Waals surface area contributed by atoms with E-state index in [1.807, 2.05) is 0 Å². The van der Waals surface area contributed by atoms with Gasteiger partial charge in [0.1, 0.15) is 36.9 Å². The zero-order valence-corrected chi connectivity index (χ0v) is 22.1. The van der Waals surface area contributed by atoms with Gasteiger partial charge in [-0.25, -0.2) is 9.59 Å². The van der Waals surface area contributed by atoms with Gasteiger partial charge in [-0.2, -0.15) is 0 Å². The standard InChI is InChI=1S/C28H38N2O8/c1-3-35-27(33)21-5-9-25(10-6-21)37-19-23(31)17-29-13-15-30(16-14-29)18-24(32)20-38-26-11-7-22(8-12-26)28(34)36-4-2/h5-12,23-24,31-32H,3-4,13-20H2,1-2H3/t23-,24+. The van der Waals surface area contributed by atoms with Crippen LogP contribution in [0.1, 0.15) is 34.6 Å². The molecule has 1 heterocycles. The number of aliphatic hydroxyl groups is 2. The summed E-state index contributed by atoms with van der Waals surface area (Å²) in [4.78, 5) is 27.8. The molecule has 38 heavy (non-hydrogen) atoms. The van der Waals surface area contributed by atoms with Crippen LogP contribution in [0.2, 0.25) is 0 Å². The lowest BCUT2D eigenvalue weighted by atomic mass is 10.2. The van der Waals surface area contributed by atoms with Gasteiger partial charge >= 0.3 is 11.9 Å². The molecule has 1 aliphatic heterocycles. The van der Waals surface area contributed by atoms with Crippen LogP contribution in [-0.2, 0) is 9.47 Å². The number of hydrogen-bond acceptors (Lipinski definition) is 10. The van der Waals surface area contributed by atoms with E-state index < -0.39 is 12.2 Å². The van der Waals surface area contributed by atoms with E-state index in [0.717, 1.165) is 26.2 Å². The summed E-state index contributed by atoms with van der Waals surface area (Å²) < 4.78 is 21.3. The highest BCUT2D eigenvalue weighted by molar-refractivity contribution is 5.89. The fourth-order valence-electron chi connectivity index (χ4n) is 4.04. The number of carbonyl (C=O) groups is 2. The molecule has 0 aliphatic carbocycles. The second kappa shape index (κ2) is 15.3. The third-order valence-corrected chi connectivity index (χ3v) is 6.02. The molecule has 1 aliphatic rings. The van der Waals surface area contributed by atoms with E-state index in [4.69, 9.17) is 18.9 Å². The summed E-state index contributed by atoms with van der Waals surface area (Å²) in [5.74, 6) is 0.405. The Bertz CT molecular complexity index is 909. The van der Waals surface area contributed by atoms with Crippen LogP contribution in [0.3, 0.4) is 0 Å². The van der Waals surface area contributed by atoms with E-state index in [2.05, 4.69) is 9.80 Å². The predicted molar refractivity (Wildman–Crippen MR) is 141 cm³/mol. The second-order valence-corrected chi connectivity index (χ2v) is 9.02.